The standard InChI is InChI=1S/C18H15F5N2O3/c1-18(2,3)28-17(27)25-9-6-4-8(5-7-9)24-16(26)10-11(19)13(21)15(23)14(22)12(10)20/h4-7H,1-3H3,(H,24,26)(H,25,27). The highest BCUT2D eigenvalue weighted by atomic mass is 19.2. The molecule has 2 aromatic carbocycles. The van der Waals surface area contributed by atoms with Crippen molar-refractivity contribution in [2.24, 2.45) is 0 Å². The predicted octanol–water partition coefficient (Wildman–Crippen LogP) is 4.98. The summed E-state index contributed by atoms with van der Waals surface area (Å²) >= 11 is 0. The predicted molar refractivity (Wildman–Crippen MR) is 90.5 cm³/mol. The van der Waals surface area contributed by atoms with E-state index in [1.807, 2.05) is 5.32 Å². The van der Waals surface area contributed by atoms with Crippen LogP contribution in [0.1, 0.15) is 31.1 Å². The maximum absolute atomic E-state index is 13.7. The molecule has 0 fully saturated rings. The van der Waals surface area contributed by atoms with Gasteiger partial charge in [0.1, 0.15) is 11.2 Å². The summed E-state index contributed by atoms with van der Waals surface area (Å²) in [6.07, 6.45) is -0.731. The number of carbonyl (C=O) groups is 2. The molecule has 0 radical (unpaired) electrons. The lowest BCUT2D eigenvalue weighted by molar-refractivity contribution is 0.0635. The summed E-state index contributed by atoms with van der Waals surface area (Å²) in [6, 6.07) is 5.16. The van der Waals surface area contributed by atoms with Crippen LogP contribution in [-0.4, -0.2) is 17.6 Å². The van der Waals surface area contributed by atoms with Gasteiger partial charge in [0, 0.05) is 11.4 Å². The van der Waals surface area contributed by atoms with Crippen molar-refractivity contribution in [1.29, 1.82) is 0 Å². The zero-order chi connectivity index (χ0) is 21.2. The van der Waals surface area contributed by atoms with Crippen LogP contribution in [0, 0.1) is 29.1 Å². The normalized spacial score (nSPS) is 11.1. The number of hydrogen-bond acceptors (Lipinski definition) is 3. The lowest BCUT2D eigenvalue weighted by atomic mass is 10.1. The molecule has 0 saturated heterocycles. The van der Waals surface area contributed by atoms with Crippen molar-refractivity contribution < 1.29 is 36.3 Å². The van der Waals surface area contributed by atoms with Crippen LogP contribution >= 0.6 is 0 Å². The molecule has 10 heteroatoms. The average Bonchev–Trinajstić information content (AvgIpc) is 2.58. The highest BCUT2D eigenvalue weighted by Crippen LogP contribution is 2.24. The van der Waals surface area contributed by atoms with Gasteiger partial charge in [0.05, 0.1) is 0 Å². The van der Waals surface area contributed by atoms with Gasteiger partial charge in [-0.1, -0.05) is 0 Å². The molecule has 2 N–H and O–H groups in total. The van der Waals surface area contributed by atoms with E-state index in [0.29, 0.717) is 0 Å². The highest BCUT2D eigenvalue weighted by Gasteiger charge is 2.29. The first-order chi connectivity index (χ1) is 12.9. The first-order valence-corrected chi connectivity index (χ1v) is 7.83. The summed E-state index contributed by atoms with van der Waals surface area (Å²) < 4.78 is 71.8. The van der Waals surface area contributed by atoms with Crippen LogP contribution in [0.25, 0.3) is 0 Å². The molecule has 5 nitrogen and oxygen atoms in total. The number of nitrogens with one attached hydrogen (secondary N) is 2. The fourth-order valence-electron chi connectivity index (χ4n) is 2.06. The van der Waals surface area contributed by atoms with Gasteiger partial charge in [0.2, 0.25) is 5.82 Å². The third kappa shape index (κ3) is 4.76. The van der Waals surface area contributed by atoms with Gasteiger partial charge in [0.15, 0.2) is 23.3 Å². The third-order valence-electron chi connectivity index (χ3n) is 3.22. The molecule has 0 saturated carbocycles. The molecule has 0 aliphatic carbocycles. The van der Waals surface area contributed by atoms with Crippen molar-refractivity contribution in [3.8, 4) is 0 Å². The second kappa shape index (κ2) is 7.83. The van der Waals surface area contributed by atoms with Crippen molar-refractivity contribution >= 4 is 23.4 Å². The fourth-order valence-corrected chi connectivity index (χ4v) is 2.06. The van der Waals surface area contributed by atoms with E-state index in [0.717, 1.165) is 0 Å². The third-order valence-corrected chi connectivity index (χ3v) is 3.22. The van der Waals surface area contributed by atoms with E-state index in [2.05, 4.69) is 5.32 Å². The molecule has 0 bridgehead atoms. The molecule has 2 amide bonds. The Labute approximate surface area is 156 Å². The molecule has 0 atom stereocenters. The molecule has 28 heavy (non-hydrogen) atoms. The van der Waals surface area contributed by atoms with Gasteiger partial charge in [0.25, 0.3) is 5.91 Å². The minimum absolute atomic E-state index is 0.0105. The molecule has 0 aromatic heterocycles. The Kier molecular flexibility index (Phi) is 5.91. The second-order valence-electron chi connectivity index (χ2n) is 6.60. The maximum Gasteiger partial charge on any atom is 0.412 e. The summed E-state index contributed by atoms with van der Waals surface area (Å²) in [4.78, 5) is 23.6. The number of amides is 2. The molecule has 2 aromatic rings. The summed E-state index contributed by atoms with van der Waals surface area (Å²) in [6.45, 7) is 5.01. The van der Waals surface area contributed by atoms with E-state index >= 15 is 0 Å². The van der Waals surface area contributed by atoms with E-state index in [4.69, 9.17) is 4.74 Å². The average molecular weight is 402 g/mol. The van der Waals surface area contributed by atoms with Gasteiger partial charge in [-0.15, -0.1) is 0 Å². The van der Waals surface area contributed by atoms with E-state index in [1.165, 1.54) is 24.3 Å². The molecule has 0 heterocycles. The topological polar surface area (TPSA) is 67.4 Å². The number of halogens is 5. The quantitative estimate of drug-likeness (QED) is 0.432. The van der Waals surface area contributed by atoms with Crippen molar-refractivity contribution in [2.45, 2.75) is 26.4 Å². The molecular formula is C18H15F5N2O3. The highest BCUT2D eigenvalue weighted by molar-refractivity contribution is 6.04. The van der Waals surface area contributed by atoms with E-state index in [1.54, 1.807) is 20.8 Å². The maximum atomic E-state index is 13.7. The number of hydrogen-bond donors (Lipinski definition) is 2. The van der Waals surface area contributed by atoms with Gasteiger partial charge < -0.3 is 10.1 Å². The Morgan fingerprint density at radius 2 is 1.14 bits per heavy atom. The number of anilines is 2. The van der Waals surface area contributed by atoms with E-state index < -0.39 is 52.3 Å². The smallest absolute Gasteiger partial charge is 0.412 e. The Hall–Kier alpha value is -3.17. The van der Waals surface area contributed by atoms with E-state index in [9.17, 15) is 31.5 Å². The zero-order valence-electron chi connectivity index (χ0n) is 14.9. The minimum atomic E-state index is -2.36. The van der Waals surface area contributed by atoms with Crippen LogP contribution in [0.4, 0.5) is 38.1 Å². The summed E-state index contributed by atoms with van der Waals surface area (Å²) in [5.74, 6) is -12.8. The zero-order valence-corrected chi connectivity index (χ0v) is 14.9. The van der Waals surface area contributed by atoms with Crippen LogP contribution in [0.15, 0.2) is 24.3 Å². The van der Waals surface area contributed by atoms with E-state index in [-0.39, 0.29) is 11.4 Å². The Morgan fingerprint density at radius 3 is 1.57 bits per heavy atom. The van der Waals surface area contributed by atoms with Crippen LogP contribution in [0.2, 0.25) is 0 Å². The van der Waals surface area contributed by atoms with Crippen LogP contribution in [-0.2, 0) is 4.74 Å². The lowest BCUT2D eigenvalue weighted by Crippen LogP contribution is -2.27. The summed E-state index contributed by atoms with van der Waals surface area (Å²) in [5.41, 5.74) is -2.05. The Balaban J connectivity index is 2.15. The Morgan fingerprint density at radius 1 is 0.750 bits per heavy atom. The summed E-state index contributed by atoms with van der Waals surface area (Å²) in [7, 11) is 0. The van der Waals surface area contributed by atoms with Crippen LogP contribution in [0.5, 0.6) is 0 Å². The monoisotopic (exact) mass is 402 g/mol. The molecule has 0 spiro atoms. The van der Waals surface area contributed by atoms with Gasteiger partial charge in [-0.05, 0) is 45.0 Å². The second-order valence-corrected chi connectivity index (χ2v) is 6.60. The Bertz CT molecular complexity index is 895. The van der Waals surface area contributed by atoms with Gasteiger partial charge in [-0.2, -0.15) is 0 Å². The van der Waals surface area contributed by atoms with Crippen molar-refractivity contribution in [2.75, 3.05) is 10.6 Å². The van der Waals surface area contributed by atoms with Crippen molar-refractivity contribution in [3.63, 3.8) is 0 Å². The van der Waals surface area contributed by atoms with Crippen molar-refractivity contribution in [3.05, 3.63) is 58.9 Å². The largest absolute Gasteiger partial charge is 0.444 e. The molecule has 150 valence electrons. The number of rotatable bonds is 3. The van der Waals surface area contributed by atoms with Crippen molar-refractivity contribution in [1.82, 2.24) is 0 Å². The number of ether oxygens (including phenoxy) is 1. The number of benzene rings is 2. The summed E-state index contributed by atoms with van der Waals surface area (Å²) in [5, 5.41) is 4.43. The van der Waals surface area contributed by atoms with Gasteiger partial charge >= 0.3 is 6.09 Å². The molecule has 2 rings (SSSR count). The number of carbonyl (C=O) groups excluding carboxylic acids is 2. The molecule has 0 aliphatic heterocycles. The first kappa shape index (κ1) is 21.1. The minimum Gasteiger partial charge on any atom is -0.444 e. The molecule has 0 aliphatic rings. The van der Waals surface area contributed by atoms with Crippen LogP contribution < -0.4 is 10.6 Å². The SMILES string of the molecule is CC(C)(C)OC(=O)Nc1ccc(NC(=O)c2c(F)c(F)c(F)c(F)c2F)cc1. The van der Waals surface area contributed by atoms with Gasteiger partial charge in [-0.25, -0.2) is 26.7 Å². The van der Waals surface area contributed by atoms with Gasteiger partial charge in [-0.3, -0.25) is 10.1 Å². The first-order valence-electron chi connectivity index (χ1n) is 7.83. The van der Waals surface area contributed by atoms with Crippen LogP contribution in [0.3, 0.4) is 0 Å². The lowest BCUT2D eigenvalue weighted by Gasteiger charge is -2.19. The molecular weight excluding hydrogens is 387 g/mol. The molecule has 0 unspecified atom stereocenters. The fraction of sp³-hybridized carbons (Fsp3) is 0.222.